The summed E-state index contributed by atoms with van der Waals surface area (Å²) >= 11 is 0. The predicted octanol–water partition coefficient (Wildman–Crippen LogP) is 3.61. The van der Waals surface area contributed by atoms with E-state index in [1.165, 1.54) is 0 Å². The molecule has 3 rings (SSSR count). The van der Waals surface area contributed by atoms with Gasteiger partial charge in [0.1, 0.15) is 0 Å². The Balaban J connectivity index is 2.38. The molecule has 0 saturated heterocycles. The maximum atomic E-state index is 11.6. The molecular weight excluding hydrogens is 264 g/mol. The maximum Gasteiger partial charge on any atom is 0.336 e. The molecule has 2 heterocycles. The highest BCUT2D eigenvalue weighted by Crippen LogP contribution is 2.27. The Morgan fingerprint density at radius 3 is 2.67 bits per heavy atom. The minimum absolute atomic E-state index is 0.274. The summed E-state index contributed by atoms with van der Waals surface area (Å²) in [7, 11) is 0. The number of aromatic carboxylic acids is 1. The summed E-state index contributed by atoms with van der Waals surface area (Å²) in [5.41, 5.74) is 4.39. The van der Waals surface area contributed by atoms with Crippen LogP contribution in [0, 0.1) is 13.8 Å². The lowest BCUT2D eigenvalue weighted by molar-refractivity contribution is 0.0699. The number of fused-ring (bicyclic) bond motifs is 1. The number of nitrogens with zero attached hydrogens (tertiary/aromatic N) is 2. The minimum atomic E-state index is -0.945. The average molecular weight is 278 g/mol. The van der Waals surface area contributed by atoms with E-state index < -0.39 is 5.97 Å². The second kappa shape index (κ2) is 4.98. The third-order valence-electron chi connectivity index (χ3n) is 3.44. The second-order valence-corrected chi connectivity index (χ2v) is 5.08. The Morgan fingerprint density at radius 1 is 1.19 bits per heavy atom. The maximum absolute atomic E-state index is 11.6. The first-order chi connectivity index (χ1) is 10.1. The molecule has 2 aromatic heterocycles. The monoisotopic (exact) mass is 278 g/mol. The molecule has 3 aromatic rings. The Morgan fingerprint density at radius 2 is 2.00 bits per heavy atom. The van der Waals surface area contributed by atoms with Gasteiger partial charge < -0.3 is 5.11 Å². The molecule has 0 aliphatic rings. The topological polar surface area (TPSA) is 63.1 Å². The molecule has 0 radical (unpaired) electrons. The number of carbonyl (C=O) groups is 1. The smallest absolute Gasteiger partial charge is 0.336 e. The zero-order valence-corrected chi connectivity index (χ0v) is 11.8. The summed E-state index contributed by atoms with van der Waals surface area (Å²) < 4.78 is 0. The highest BCUT2D eigenvalue weighted by Gasteiger charge is 2.15. The Hall–Kier alpha value is -2.75. The summed E-state index contributed by atoms with van der Waals surface area (Å²) in [6, 6.07) is 9.18. The van der Waals surface area contributed by atoms with Crippen LogP contribution < -0.4 is 0 Å². The highest BCUT2D eigenvalue weighted by atomic mass is 16.4. The summed E-state index contributed by atoms with van der Waals surface area (Å²) in [6.45, 7) is 3.89. The lowest BCUT2D eigenvalue weighted by atomic mass is 9.99. The molecule has 104 valence electrons. The van der Waals surface area contributed by atoms with E-state index in [2.05, 4.69) is 9.97 Å². The van der Waals surface area contributed by atoms with Crippen LogP contribution in [-0.2, 0) is 0 Å². The van der Waals surface area contributed by atoms with Gasteiger partial charge in [-0.2, -0.15) is 0 Å². The van der Waals surface area contributed by atoms with Gasteiger partial charge in [0.05, 0.1) is 16.8 Å². The van der Waals surface area contributed by atoms with Crippen LogP contribution in [0.3, 0.4) is 0 Å². The number of hydrogen-bond acceptors (Lipinski definition) is 3. The number of pyridine rings is 2. The highest BCUT2D eigenvalue weighted by molar-refractivity contribution is 6.05. The zero-order chi connectivity index (χ0) is 15.0. The molecule has 1 N–H and O–H groups in total. The molecule has 0 aliphatic heterocycles. The Kier molecular flexibility index (Phi) is 3.14. The molecule has 0 spiro atoms. The number of benzene rings is 1. The summed E-state index contributed by atoms with van der Waals surface area (Å²) in [4.78, 5) is 20.3. The van der Waals surface area contributed by atoms with E-state index in [9.17, 15) is 9.90 Å². The predicted molar refractivity (Wildman–Crippen MR) is 81.4 cm³/mol. The number of aromatic nitrogens is 2. The third kappa shape index (κ3) is 2.36. The van der Waals surface area contributed by atoms with E-state index in [0.717, 1.165) is 16.7 Å². The summed E-state index contributed by atoms with van der Waals surface area (Å²) in [5, 5.41) is 10.2. The molecule has 4 heteroatoms. The van der Waals surface area contributed by atoms with Crippen LogP contribution in [0.5, 0.6) is 0 Å². The van der Waals surface area contributed by atoms with Crippen LogP contribution in [0.15, 0.2) is 42.7 Å². The molecule has 0 amide bonds. The van der Waals surface area contributed by atoms with Gasteiger partial charge in [0, 0.05) is 23.3 Å². The van der Waals surface area contributed by atoms with E-state index >= 15 is 0 Å². The molecule has 0 fully saturated rings. The van der Waals surface area contributed by atoms with Gasteiger partial charge in [0.15, 0.2) is 0 Å². The van der Waals surface area contributed by atoms with Crippen molar-refractivity contribution in [1.82, 2.24) is 9.97 Å². The van der Waals surface area contributed by atoms with Gasteiger partial charge in [0.2, 0.25) is 0 Å². The van der Waals surface area contributed by atoms with Crippen molar-refractivity contribution < 1.29 is 9.90 Å². The molecule has 4 nitrogen and oxygen atoms in total. The first-order valence-electron chi connectivity index (χ1n) is 6.62. The standard InChI is InChI=1S/C17H14N2O2/c1-10-6-11(2)16-13(17(20)21)8-14(19-15(16)7-10)12-4-3-5-18-9-12/h3-9H,1-2H3,(H,20,21). The Bertz CT molecular complexity index is 842. The van der Waals surface area contributed by atoms with Gasteiger partial charge in [-0.1, -0.05) is 6.07 Å². The van der Waals surface area contributed by atoms with E-state index in [1.54, 1.807) is 18.5 Å². The zero-order valence-electron chi connectivity index (χ0n) is 11.8. The van der Waals surface area contributed by atoms with Crippen molar-refractivity contribution in [3.8, 4) is 11.3 Å². The largest absolute Gasteiger partial charge is 0.478 e. The first kappa shape index (κ1) is 13.2. The average Bonchev–Trinajstić information content (AvgIpc) is 2.46. The van der Waals surface area contributed by atoms with Crippen molar-refractivity contribution in [1.29, 1.82) is 0 Å². The SMILES string of the molecule is Cc1cc(C)c2c(C(=O)O)cc(-c3cccnc3)nc2c1. The van der Waals surface area contributed by atoms with Crippen molar-refractivity contribution in [3.05, 3.63) is 59.4 Å². The van der Waals surface area contributed by atoms with Crippen molar-refractivity contribution in [2.24, 2.45) is 0 Å². The van der Waals surface area contributed by atoms with Crippen LogP contribution in [0.4, 0.5) is 0 Å². The molecule has 0 atom stereocenters. The van der Waals surface area contributed by atoms with Gasteiger partial charge in [-0.05, 0) is 49.2 Å². The van der Waals surface area contributed by atoms with E-state index in [0.29, 0.717) is 16.6 Å². The van der Waals surface area contributed by atoms with Gasteiger partial charge >= 0.3 is 5.97 Å². The summed E-state index contributed by atoms with van der Waals surface area (Å²) in [5.74, 6) is -0.945. The van der Waals surface area contributed by atoms with Crippen molar-refractivity contribution >= 4 is 16.9 Å². The van der Waals surface area contributed by atoms with Crippen LogP contribution in [0.2, 0.25) is 0 Å². The van der Waals surface area contributed by atoms with Gasteiger partial charge in [-0.15, -0.1) is 0 Å². The fourth-order valence-corrected chi connectivity index (χ4v) is 2.59. The third-order valence-corrected chi connectivity index (χ3v) is 3.44. The number of rotatable bonds is 2. The summed E-state index contributed by atoms with van der Waals surface area (Å²) in [6.07, 6.45) is 3.36. The quantitative estimate of drug-likeness (QED) is 0.777. The molecule has 0 unspecified atom stereocenters. The molecule has 21 heavy (non-hydrogen) atoms. The van der Waals surface area contributed by atoms with Gasteiger partial charge in [0.25, 0.3) is 0 Å². The van der Waals surface area contributed by atoms with Gasteiger partial charge in [-0.3, -0.25) is 4.98 Å². The van der Waals surface area contributed by atoms with E-state index in [-0.39, 0.29) is 5.56 Å². The second-order valence-electron chi connectivity index (χ2n) is 5.08. The van der Waals surface area contributed by atoms with Crippen molar-refractivity contribution in [2.45, 2.75) is 13.8 Å². The number of carboxylic acid groups (broad SMARTS) is 1. The molecule has 1 aromatic carbocycles. The Labute approximate surface area is 122 Å². The van der Waals surface area contributed by atoms with Crippen molar-refractivity contribution in [2.75, 3.05) is 0 Å². The molecule has 0 aliphatic carbocycles. The van der Waals surface area contributed by atoms with Crippen molar-refractivity contribution in [3.63, 3.8) is 0 Å². The van der Waals surface area contributed by atoms with E-state index in [1.807, 2.05) is 38.1 Å². The first-order valence-corrected chi connectivity index (χ1v) is 6.62. The normalized spacial score (nSPS) is 10.8. The molecular formula is C17H14N2O2. The number of aryl methyl sites for hydroxylation is 2. The van der Waals surface area contributed by atoms with Crippen LogP contribution in [0.25, 0.3) is 22.2 Å². The fourth-order valence-electron chi connectivity index (χ4n) is 2.59. The minimum Gasteiger partial charge on any atom is -0.478 e. The molecule has 0 saturated carbocycles. The fraction of sp³-hybridized carbons (Fsp3) is 0.118. The number of hydrogen-bond donors (Lipinski definition) is 1. The van der Waals surface area contributed by atoms with Crippen LogP contribution in [0.1, 0.15) is 21.5 Å². The number of carboxylic acids is 1. The van der Waals surface area contributed by atoms with Gasteiger partial charge in [-0.25, -0.2) is 9.78 Å². The lowest BCUT2D eigenvalue weighted by Crippen LogP contribution is -2.02. The lowest BCUT2D eigenvalue weighted by Gasteiger charge is -2.10. The molecule has 0 bridgehead atoms. The van der Waals surface area contributed by atoms with Crippen LogP contribution >= 0.6 is 0 Å². The van der Waals surface area contributed by atoms with E-state index in [4.69, 9.17) is 0 Å². The van der Waals surface area contributed by atoms with Crippen LogP contribution in [-0.4, -0.2) is 21.0 Å².